The van der Waals surface area contributed by atoms with Gasteiger partial charge in [-0.05, 0) is 38.5 Å². The second-order valence-electron chi connectivity index (χ2n) is 4.05. The van der Waals surface area contributed by atoms with Crippen LogP contribution in [0.3, 0.4) is 0 Å². The normalized spacial score (nSPS) is 12.6. The van der Waals surface area contributed by atoms with E-state index in [1.165, 1.54) is 0 Å². The molecule has 4 heteroatoms. The molecule has 0 radical (unpaired) electrons. The van der Waals surface area contributed by atoms with Crippen LogP contribution in [0.1, 0.15) is 52.4 Å². The Kier molecular flexibility index (Phi) is 8.62. The first-order chi connectivity index (χ1) is 8.54. The number of carboxylic acid groups (broad SMARTS) is 2. The topological polar surface area (TPSA) is 74.6 Å². The van der Waals surface area contributed by atoms with Crippen molar-refractivity contribution in [1.82, 2.24) is 0 Å². The lowest BCUT2D eigenvalue weighted by Gasteiger charge is -2.06. The molecule has 102 valence electrons. The Morgan fingerprint density at radius 1 is 0.944 bits per heavy atom. The first kappa shape index (κ1) is 16.4. The predicted octanol–water partition coefficient (Wildman–Crippen LogP) is 3.39. The summed E-state index contributed by atoms with van der Waals surface area (Å²) in [5.74, 6) is -2.24. The first-order valence-corrected chi connectivity index (χ1v) is 6.38. The second-order valence-corrected chi connectivity index (χ2v) is 4.05. The molecule has 0 unspecified atom stereocenters. The number of rotatable bonds is 9. The summed E-state index contributed by atoms with van der Waals surface area (Å²) >= 11 is 0. The molecular weight excluding hydrogens is 232 g/mol. The lowest BCUT2D eigenvalue weighted by Crippen LogP contribution is -2.11. The van der Waals surface area contributed by atoms with E-state index in [1.807, 2.05) is 0 Å². The Bertz CT molecular complexity index is 340. The fourth-order valence-electron chi connectivity index (χ4n) is 1.73. The molecule has 0 aliphatic rings. The minimum Gasteiger partial charge on any atom is -0.478 e. The van der Waals surface area contributed by atoms with Crippen molar-refractivity contribution in [3.05, 3.63) is 23.3 Å². The number of allylic oxidation sites excluding steroid dienone is 2. The monoisotopic (exact) mass is 254 g/mol. The fourth-order valence-corrected chi connectivity index (χ4v) is 1.73. The van der Waals surface area contributed by atoms with Crippen LogP contribution in [-0.4, -0.2) is 22.2 Å². The molecule has 2 N–H and O–H groups in total. The van der Waals surface area contributed by atoms with Crippen LogP contribution in [0.25, 0.3) is 0 Å². The van der Waals surface area contributed by atoms with E-state index in [9.17, 15) is 9.59 Å². The van der Waals surface area contributed by atoms with Crippen LogP contribution in [0.2, 0.25) is 0 Å². The molecule has 0 atom stereocenters. The van der Waals surface area contributed by atoms with Gasteiger partial charge in [-0.3, -0.25) is 0 Å². The van der Waals surface area contributed by atoms with E-state index in [0.29, 0.717) is 12.8 Å². The van der Waals surface area contributed by atoms with Crippen LogP contribution in [0.4, 0.5) is 0 Å². The molecule has 0 aromatic carbocycles. The Hall–Kier alpha value is -1.58. The van der Waals surface area contributed by atoms with Gasteiger partial charge < -0.3 is 10.2 Å². The van der Waals surface area contributed by atoms with Crippen molar-refractivity contribution >= 4 is 11.9 Å². The maximum Gasteiger partial charge on any atom is 0.332 e. The smallest absolute Gasteiger partial charge is 0.332 e. The largest absolute Gasteiger partial charge is 0.478 e. The highest BCUT2D eigenvalue weighted by Crippen LogP contribution is 2.17. The zero-order chi connectivity index (χ0) is 14.0. The molecule has 18 heavy (non-hydrogen) atoms. The van der Waals surface area contributed by atoms with E-state index >= 15 is 0 Å². The van der Waals surface area contributed by atoms with Crippen LogP contribution >= 0.6 is 0 Å². The van der Waals surface area contributed by atoms with Gasteiger partial charge in [-0.1, -0.05) is 26.0 Å². The average Bonchev–Trinajstić information content (AvgIpc) is 2.31. The number of aliphatic carboxylic acids is 2. The summed E-state index contributed by atoms with van der Waals surface area (Å²) in [6.45, 7) is 3.72. The highest BCUT2D eigenvalue weighted by molar-refractivity contribution is 5.98. The summed E-state index contributed by atoms with van der Waals surface area (Å²) in [5.41, 5.74) is 0.0658. The third kappa shape index (κ3) is 6.23. The zero-order valence-corrected chi connectivity index (χ0v) is 11.1. The van der Waals surface area contributed by atoms with E-state index in [4.69, 9.17) is 10.2 Å². The van der Waals surface area contributed by atoms with Crippen LogP contribution in [0.5, 0.6) is 0 Å². The van der Waals surface area contributed by atoms with Gasteiger partial charge in [0.15, 0.2) is 0 Å². The Labute approximate surface area is 108 Å². The third-order valence-electron chi connectivity index (χ3n) is 2.68. The lowest BCUT2D eigenvalue weighted by molar-refractivity contribution is -0.136. The molecular formula is C14H22O4. The summed E-state index contributed by atoms with van der Waals surface area (Å²) in [4.78, 5) is 22.0. The van der Waals surface area contributed by atoms with Gasteiger partial charge in [-0.25, -0.2) is 9.59 Å². The van der Waals surface area contributed by atoms with Gasteiger partial charge in [0, 0.05) is 11.1 Å². The molecule has 0 aliphatic carbocycles. The lowest BCUT2D eigenvalue weighted by atomic mass is 10.00. The summed E-state index contributed by atoms with van der Waals surface area (Å²) < 4.78 is 0. The van der Waals surface area contributed by atoms with E-state index < -0.39 is 11.9 Å². The van der Waals surface area contributed by atoms with Gasteiger partial charge in [0.05, 0.1) is 0 Å². The highest BCUT2D eigenvalue weighted by Gasteiger charge is 2.17. The minimum atomic E-state index is -1.12. The molecule has 0 aromatic rings. The van der Waals surface area contributed by atoms with Crippen molar-refractivity contribution in [3.63, 3.8) is 0 Å². The van der Waals surface area contributed by atoms with Crippen LogP contribution in [0, 0.1) is 0 Å². The van der Waals surface area contributed by atoms with Crippen molar-refractivity contribution in [3.8, 4) is 0 Å². The maximum absolute atomic E-state index is 11.0. The van der Waals surface area contributed by atoms with Gasteiger partial charge in [0.2, 0.25) is 0 Å². The number of carboxylic acids is 2. The fraction of sp³-hybridized carbons (Fsp3) is 0.571. The average molecular weight is 254 g/mol. The Balaban J connectivity index is 4.43. The van der Waals surface area contributed by atoms with Gasteiger partial charge in [0.1, 0.15) is 0 Å². The predicted molar refractivity (Wildman–Crippen MR) is 70.5 cm³/mol. The minimum absolute atomic E-state index is 0.0200. The standard InChI is InChI=1S/C14H22O4/c1-3-5-6-7-8-9-10-12(14(17)18)11(4-2)13(15)16/h5-6H,3-4,7-10H2,1-2H3,(H,15,16)(H,17,18). The number of unbranched alkanes of at least 4 members (excludes halogenated alkanes) is 2. The van der Waals surface area contributed by atoms with E-state index in [2.05, 4.69) is 19.1 Å². The van der Waals surface area contributed by atoms with Gasteiger partial charge in [-0.15, -0.1) is 0 Å². The molecule has 0 rings (SSSR count). The SMILES string of the molecule is CCC=CCCCCC(C(=O)O)=C(CC)C(=O)O. The van der Waals surface area contributed by atoms with Crippen molar-refractivity contribution in [2.24, 2.45) is 0 Å². The molecule has 4 nitrogen and oxygen atoms in total. The Morgan fingerprint density at radius 3 is 2.00 bits per heavy atom. The van der Waals surface area contributed by atoms with Gasteiger partial charge in [0.25, 0.3) is 0 Å². The van der Waals surface area contributed by atoms with Crippen molar-refractivity contribution in [2.45, 2.75) is 52.4 Å². The van der Waals surface area contributed by atoms with Crippen LogP contribution in [0.15, 0.2) is 23.3 Å². The Morgan fingerprint density at radius 2 is 1.56 bits per heavy atom. The summed E-state index contributed by atoms with van der Waals surface area (Å²) in [6, 6.07) is 0. The molecule has 0 spiro atoms. The highest BCUT2D eigenvalue weighted by atomic mass is 16.4. The van der Waals surface area contributed by atoms with Crippen molar-refractivity contribution in [1.29, 1.82) is 0 Å². The molecule has 0 bridgehead atoms. The van der Waals surface area contributed by atoms with Gasteiger partial charge in [-0.2, -0.15) is 0 Å². The quantitative estimate of drug-likeness (QED) is 0.376. The molecule has 0 fully saturated rings. The van der Waals surface area contributed by atoms with E-state index in [0.717, 1.165) is 19.3 Å². The molecule has 0 amide bonds. The molecule has 0 aromatic heterocycles. The molecule has 0 saturated heterocycles. The molecule has 0 aliphatic heterocycles. The molecule has 0 saturated carbocycles. The number of hydrogen-bond acceptors (Lipinski definition) is 2. The van der Waals surface area contributed by atoms with E-state index in [1.54, 1.807) is 6.92 Å². The van der Waals surface area contributed by atoms with Crippen molar-refractivity contribution in [2.75, 3.05) is 0 Å². The summed E-state index contributed by atoms with van der Waals surface area (Å²) in [6.07, 6.45) is 8.20. The summed E-state index contributed by atoms with van der Waals surface area (Å²) in [7, 11) is 0. The second kappa shape index (κ2) is 9.45. The third-order valence-corrected chi connectivity index (χ3v) is 2.68. The van der Waals surface area contributed by atoms with Crippen LogP contribution in [-0.2, 0) is 9.59 Å². The van der Waals surface area contributed by atoms with E-state index in [-0.39, 0.29) is 17.6 Å². The van der Waals surface area contributed by atoms with Crippen LogP contribution < -0.4 is 0 Å². The summed E-state index contributed by atoms with van der Waals surface area (Å²) in [5, 5.41) is 18.0. The number of hydrogen-bond donors (Lipinski definition) is 2. The zero-order valence-electron chi connectivity index (χ0n) is 11.1. The number of carbonyl (C=O) groups is 2. The van der Waals surface area contributed by atoms with Crippen molar-refractivity contribution < 1.29 is 19.8 Å². The first-order valence-electron chi connectivity index (χ1n) is 6.38. The maximum atomic E-state index is 11.0. The van der Waals surface area contributed by atoms with Gasteiger partial charge >= 0.3 is 11.9 Å². The molecule has 0 heterocycles.